The summed E-state index contributed by atoms with van der Waals surface area (Å²) < 4.78 is 1.96. The first-order chi connectivity index (χ1) is 7.35. The highest BCUT2D eigenvalue weighted by atomic mass is 16.1. The Morgan fingerprint density at radius 2 is 2.27 bits per heavy atom. The van der Waals surface area contributed by atoms with Crippen molar-refractivity contribution in [1.82, 2.24) is 14.5 Å². The summed E-state index contributed by atoms with van der Waals surface area (Å²) >= 11 is 0. The predicted octanol–water partition coefficient (Wildman–Crippen LogP) is 1.64. The van der Waals surface area contributed by atoms with E-state index < -0.39 is 0 Å². The SMILES string of the molecule is CCc1nccn1-c1ccc(C=O)nc1. The molecule has 0 saturated carbocycles. The van der Waals surface area contributed by atoms with Gasteiger partial charge in [0.05, 0.1) is 11.9 Å². The molecule has 0 N–H and O–H groups in total. The normalized spacial score (nSPS) is 10.2. The quantitative estimate of drug-likeness (QED) is 0.709. The first-order valence-electron chi connectivity index (χ1n) is 4.79. The minimum atomic E-state index is 0.442. The lowest BCUT2D eigenvalue weighted by atomic mass is 10.3. The lowest BCUT2D eigenvalue weighted by Crippen LogP contribution is -2.00. The Hall–Kier alpha value is -1.97. The molecule has 0 unspecified atom stereocenters. The van der Waals surface area contributed by atoms with Crippen molar-refractivity contribution < 1.29 is 4.79 Å². The second-order valence-corrected chi connectivity index (χ2v) is 3.13. The van der Waals surface area contributed by atoms with E-state index >= 15 is 0 Å². The first kappa shape index (κ1) is 9.58. The van der Waals surface area contributed by atoms with Crippen molar-refractivity contribution in [2.75, 3.05) is 0 Å². The number of rotatable bonds is 3. The van der Waals surface area contributed by atoms with E-state index in [-0.39, 0.29) is 0 Å². The highest BCUT2D eigenvalue weighted by Gasteiger charge is 2.02. The molecular weight excluding hydrogens is 190 g/mol. The number of hydrogen-bond donors (Lipinski definition) is 0. The minimum Gasteiger partial charge on any atom is -0.302 e. The topological polar surface area (TPSA) is 47.8 Å². The van der Waals surface area contributed by atoms with Crippen molar-refractivity contribution in [3.05, 3.63) is 42.2 Å². The van der Waals surface area contributed by atoms with Gasteiger partial charge in [-0.15, -0.1) is 0 Å². The fourth-order valence-electron chi connectivity index (χ4n) is 1.44. The molecule has 15 heavy (non-hydrogen) atoms. The van der Waals surface area contributed by atoms with E-state index in [0.717, 1.165) is 24.2 Å². The second-order valence-electron chi connectivity index (χ2n) is 3.13. The van der Waals surface area contributed by atoms with Crippen LogP contribution in [0.5, 0.6) is 0 Å². The van der Waals surface area contributed by atoms with Gasteiger partial charge in [-0.1, -0.05) is 6.92 Å². The number of pyridine rings is 1. The van der Waals surface area contributed by atoms with Crippen molar-refractivity contribution in [3.63, 3.8) is 0 Å². The average molecular weight is 201 g/mol. The van der Waals surface area contributed by atoms with E-state index in [1.807, 2.05) is 23.8 Å². The third-order valence-electron chi connectivity index (χ3n) is 2.20. The van der Waals surface area contributed by atoms with Gasteiger partial charge in [0.25, 0.3) is 0 Å². The van der Waals surface area contributed by atoms with Crippen LogP contribution in [0, 0.1) is 0 Å². The van der Waals surface area contributed by atoms with Gasteiger partial charge in [0.1, 0.15) is 11.5 Å². The minimum absolute atomic E-state index is 0.442. The van der Waals surface area contributed by atoms with Crippen molar-refractivity contribution in [1.29, 1.82) is 0 Å². The number of aldehydes is 1. The van der Waals surface area contributed by atoms with Gasteiger partial charge in [0, 0.05) is 18.8 Å². The van der Waals surface area contributed by atoms with Crippen LogP contribution in [0.3, 0.4) is 0 Å². The molecule has 2 aromatic rings. The molecule has 0 aliphatic rings. The Balaban J connectivity index is 2.41. The number of carbonyl (C=O) groups is 1. The van der Waals surface area contributed by atoms with Crippen LogP contribution in [0.25, 0.3) is 5.69 Å². The summed E-state index contributed by atoms with van der Waals surface area (Å²) in [4.78, 5) is 18.7. The Kier molecular flexibility index (Phi) is 2.58. The van der Waals surface area contributed by atoms with Gasteiger partial charge in [-0.05, 0) is 12.1 Å². The van der Waals surface area contributed by atoms with Crippen molar-refractivity contribution in [3.8, 4) is 5.69 Å². The summed E-state index contributed by atoms with van der Waals surface area (Å²) in [5.74, 6) is 0.982. The highest BCUT2D eigenvalue weighted by Crippen LogP contribution is 2.09. The molecule has 0 aliphatic heterocycles. The molecule has 76 valence electrons. The third-order valence-corrected chi connectivity index (χ3v) is 2.20. The number of carbonyl (C=O) groups excluding carboxylic acids is 1. The van der Waals surface area contributed by atoms with Gasteiger partial charge in [-0.3, -0.25) is 9.78 Å². The Morgan fingerprint density at radius 1 is 1.40 bits per heavy atom. The fourth-order valence-corrected chi connectivity index (χ4v) is 1.44. The lowest BCUT2D eigenvalue weighted by Gasteiger charge is -2.05. The van der Waals surface area contributed by atoms with Crippen LogP contribution in [0.2, 0.25) is 0 Å². The highest BCUT2D eigenvalue weighted by molar-refractivity contribution is 5.71. The summed E-state index contributed by atoms with van der Waals surface area (Å²) in [6.07, 6.45) is 6.91. The molecular formula is C11H11N3O. The molecule has 0 fully saturated rings. The van der Waals surface area contributed by atoms with Crippen LogP contribution in [0.15, 0.2) is 30.7 Å². The molecule has 4 heteroatoms. The summed E-state index contributed by atoms with van der Waals surface area (Å²) in [5, 5.41) is 0. The van der Waals surface area contributed by atoms with E-state index in [1.54, 1.807) is 18.5 Å². The zero-order valence-electron chi connectivity index (χ0n) is 8.42. The van der Waals surface area contributed by atoms with E-state index in [9.17, 15) is 4.79 Å². The molecule has 0 radical (unpaired) electrons. The molecule has 2 aromatic heterocycles. The van der Waals surface area contributed by atoms with E-state index in [0.29, 0.717) is 5.69 Å². The zero-order chi connectivity index (χ0) is 10.7. The molecule has 0 aliphatic carbocycles. The van der Waals surface area contributed by atoms with Crippen LogP contribution in [-0.4, -0.2) is 20.8 Å². The maximum absolute atomic E-state index is 10.4. The van der Waals surface area contributed by atoms with Crippen LogP contribution in [0.1, 0.15) is 23.2 Å². The van der Waals surface area contributed by atoms with E-state index in [1.165, 1.54) is 0 Å². The Morgan fingerprint density at radius 3 is 2.87 bits per heavy atom. The van der Waals surface area contributed by atoms with Crippen LogP contribution < -0.4 is 0 Å². The standard InChI is InChI=1S/C11H11N3O/c1-2-11-12-5-6-14(11)10-4-3-9(8-15)13-7-10/h3-8H,2H2,1H3. The molecule has 0 amide bonds. The van der Waals surface area contributed by atoms with Crippen molar-refractivity contribution >= 4 is 6.29 Å². The fraction of sp³-hybridized carbons (Fsp3) is 0.182. The second kappa shape index (κ2) is 4.04. The summed E-state index contributed by atoms with van der Waals surface area (Å²) in [6, 6.07) is 3.55. The lowest BCUT2D eigenvalue weighted by molar-refractivity contribution is 0.111. The van der Waals surface area contributed by atoms with Crippen molar-refractivity contribution in [2.24, 2.45) is 0 Å². The molecule has 0 spiro atoms. The Bertz CT molecular complexity index is 459. The van der Waals surface area contributed by atoms with Crippen LogP contribution in [0.4, 0.5) is 0 Å². The maximum atomic E-state index is 10.4. The number of aryl methyl sites for hydroxylation is 1. The summed E-state index contributed by atoms with van der Waals surface area (Å²) in [5.41, 5.74) is 1.37. The van der Waals surface area contributed by atoms with E-state index in [4.69, 9.17) is 0 Å². The zero-order valence-corrected chi connectivity index (χ0v) is 8.42. The van der Waals surface area contributed by atoms with Crippen LogP contribution >= 0.6 is 0 Å². The van der Waals surface area contributed by atoms with Gasteiger partial charge < -0.3 is 4.57 Å². The Labute approximate surface area is 87.6 Å². The van der Waals surface area contributed by atoms with Crippen molar-refractivity contribution in [2.45, 2.75) is 13.3 Å². The van der Waals surface area contributed by atoms with Gasteiger partial charge in [0.2, 0.25) is 0 Å². The predicted molar refractivity (Wildman–Crippen MR) is 56.1 cm³/mol. The van der Waals surface area contributed by atoms with Gasteiger partial charge in [0.15, 0.2) is 6.29 Å². The average Bonchev–Trinajstić information content (AvgIpc) is 2.77. The van der Waals surface area contributed by atoms with Gasteiger partial charge in [-0.25, -0.2) is 4.98 Å². The molecule has 0 atom stereocenters. The molecule has 0 saturated heterocycles. The number of hydrogen-bond acceptors (Lipinski definition) is 3. The smallest absolute Gasteiger partial charge is 0.168 e. The summed E-state index contributed by atoms with van der Waals surface area (Å²) in [6.45, 7) is 2.05. The largest absolute Gasteiger partial charge is 0.302 e. The molecule has 0 aromatic carbocycles. The monoisotopic (exact) mass is 201 g/mol. The number of nitrogens with zero attached hydrogens (tertiary/aromatic N) is 3. The number of imidazole rings is 1. The van der Waals surface area contributed by atoms with Gasteiger partial charge in [-0.2, -0.15) is 0 Å². The third kappa shape index (κ3) is 1.79. The molecule has 2 heterocycles. The summed E-state index contributed by atoms with van der Waals surface area (Å²) in [7, 11) is 0. The number of aromatic nitrogens is 3. The van der Waals surface area contributed by atoms with E-state index in [2.05, 4.69) is 9.97 Å². The molecule has 4 nitrogen and oxygen atoms in total. The first-order valence-corrected chi connectivity index (χ1v) is 4.79. The maximum Gasteiger partial charge on any atom is 0.168 e. The van der Waals surface area contributed by atoms with Crippen LogP contribution in [-0.2, 0) is 6.42 Å². The molecule has 2 rings (SSSR count). The molecule has 0 bridgehead atoms. The van der Waals surface area contributed by atoms with Gasteiger partial charge >= 0.3 is 0 Å².